The van der Waals surface area contributed by atoms with Gasteiger partial charge in [-0.15, -0.1) is 0 Å². The number of nitrogens with two attached hydrogens (primary N) is 1. The molecule has 1 atom stereocenters. The highest BCUT2D eigenvalue weighted by molar-refractivity contribution is 6.31. The summed E-state index contributed by atoms with van der Waals surface area (Å²) in [5, 5.41) is 1.77. The summed E-state index contributed by atoms with van der Waals surface area (Å²) >= 11 is 5.96. The van der Waals surface area contributed by atoms with Crippen LogP contribution in [0, 0.1) is 0 Å². The lowest BCUT2D eigenvalue weighted by Crippen LogP contribution is -2.26. The normalized spacial score (nSPS) is 13.2. The van der Waals surface area contributed by atoms with Crippen molar-refractivity contribution in [3.63, 3.8) is 0 Å². The first-order valence-corrected chi connectivity index (χ1v) is 5.90. The van der Waals surface area contributed by atoms with Crippen molar-refractivity contribution in [1.29, 1.82) is 0 Å². The van der Waals surface area contributed by atoms with E-state index in [0.717, 1.165) is 23.0 Å². The SMILES string of the molecule is CN(C)CC(N)c1ccnc2cc(Cl)ccc12. The lowest BCUT2D eigenvalue weighted by atomic mass is 10.0. The third-order valence-corrected chi connectivity index (χ3v) is 2.93. The Morgan fingerprint density at radius 1 is 1.35 bits per heavy atom. The molecule has 1 aromatic carbocycles. The van der Waals surface area contributed by atoms with Crippen molar-refractivity contribution in [2.75, 3.05) is 20.6 Å². The summed E-state index contributed by atoms with van der Waals surface area (Å²) in [6.07, 6.45) is 1.78. The highest BCUT2D eigenvalue weighted by atomic mass is 35.5. The molecule has 2 rings (SSSR count). The standard InChI is InChI=1S/C13H16ClN3/c1-17(2)8-12(15)10-5-6-16-13-7-9(14)3-4-11(10)13/h3-7,12H,8,15H2,1-2H3. The van der Waals surface area contributed by atoms with E-state index in [1.165, 1.54) is 0 Å². The Bertz CT molecular complexity index is 525. The molecule has 0 aliphatic rings. The first-order chi connectivity index (χ1) is 8.08. The highest BCUT2D eigenvalue weighted by Crippen LogP contribution is 2.24. The second kappa shape index (κ2) is 5.00. The van der Waals surface area contributed by atoms with Gasteiger partial charge in [0.15, 0.2) is 0 Å². The lowest BCUT2D eigenvalue weighted by Gasteiger charge is -2.18. The fourth-order valence-corrected chi connectivity index (χ4v) is 2.12. The molecule has 0 spiro atoms. The fourth-order valence-electron chi connectivity index (χ4n) is 1.96. The Morgan fingerprint density at radius 3 is 2.82 bits per heavy atom. The molecule has 4 heteroatoms. The van der Waals surface area contributed by atoms with E-state index in [0.29, 0.717) is 5.02 Å². The van der Waals surface area contributed by atoms with Crippen LogP contribution in [0.5, 0.6) is 0 Å². The van der Waals surface area contributed by atoms with Gasteiger partial charge in [0.25, 0.3) is 0 Å². The molecule has 1 unspecified atom stereocenters. The number of rotatable bonds is 3. The van der Waals surface area contributed by atoms with E-state index in [1.807, 2.05) is 38.4 Å². The van der Waals surface area contributed by atoms with Gasteiger partial charge in [-0.3, -0.25) is 4.98 Å². The molecule has 1 heterocycles. The van der Waals surface area contributed by atoms with Gasteiger partial charge in [-0.05, 0) is 37.9 Å². The quantitative estimate of drug-likeness (QED) is 0.909. The molecule has 1 aromatic heterocycles. The van der Waals surface area contributed by atoms with Crippen molar-refractivity contribution in [1.82, 2.24) is 9.88 Å². The van der Waals surface area contributed by atoms with Gasteiger partial charge in [0, 0.05) is 29.2 Å². The molecule has 0 amide bonds. The Kier molecular flexibility index (Phi) is 3.62. The molecular weight excluding hydrogens is 234 g/mol. The number of likely N-dealkylation sites (N-methyl/N-ethyl adjacent to an activating group) is 1. The summed E-state index contributed by atoms with van der Waals surface area (Å²) < 4.78 is 0. The molecule has 0 aliphatic carbocycles. The fraction of sp³-hybridized carbons (Fsp3) is 0.308. The molecule has 0 saturated carbocycles. The van der Waals surface area contributed by atoms with E-state index >= 15 is 0 Å². The number of benzene rings is 1. The van der Waals surface area contributed by atoms with Crippen molar-refractivity contribution in [2.45, 2.75) is 6.04 Å². The second-order valence-electron chi connectivity index (χ2n) is 4.43. The van der Waals surface area contributed by atoms with Gasteiger partial charge >= 0.3 is 0 Å². The summed E-state index contributed by atoms with van der Waals surface area (Å²) in [4.78, 5) is 6.39. The predicted octanol–water partition coefficient (Wildman–Crippen LogP) is 2.45. The molecule has 0 bridgehead atoms. The largest absolute Gasteiger partial charge is 0.323 e. The van der Waals surface area contributed by atoms with Crippen LogP contribution in [0.15, 0.2) is 30.5 Å². The van der Waals surface area contributed by atoms with Crippen molar-refractivity contribution in [3.8, 4) is 0 Å². The first kappa shape index (κ1) is 12.3. The van der Waals surface area contributed by atoms with E-state index in [-0.39, 0.29) is 6.04 Å². The molecule has 0 aliphatic heterocycles. The summed E-state index contributed by atoms with van der Waals surface area (Å²) in [7, 11) is 4.03. The Balaban J connectivity index is 2.47. The number of aromatic nitrogens is 1. The monoisotopic (exact) mass is 249 g/mol. The van der Waals surface area contributed by atoms with Crippen molar-refractivity contribution < 1.29 is 0 Å². The van der Waals surface area contributed by atoms with Crippen LogP contribution in [0.4, 0.5) is 0 Å². The molecule has 3 nitrogen and oxygen atoms in total. The molecular formula is C13H16ClN3. The summed E-state index contributed by atoms with van der Waals surface area (Å²) in [5.74, 6) is 0. The minimum atomic E-state index is -0.0170. The zero-order chi connectivity index (χ0) is 12.4. The lowest BCUT2D eigenvalue weighted by molar-refractivity contribution is 0.377. The molecule has 2 aromatic rings. The Hall–Kier alpha value is -1.16. The van der Waals surface area contributed by atoms with Crippen LogP contribution >= 0.6 is 11.6 Å². The molecule has 17 heavy (non-hydrogen) atoms. The molecule has 0 radical (unpaired) electrons. The summed E-state index contributed by atoms with van der Waals surface area (Å²) in [6.45, 7) is 0.807. The zero-order valence-electron chi connectivity index (χ0n) is 10.0. The van der Waals surface area contributed by atoms with E-state index in [2.05, 4.69) is 9.88 Å². The summed E-state index contributed by atoms with van der Waals surface area (Å²) in [5.41, 5.74) is 8.20. The van der Waals surface area contributed by atoms with Gasteiger partial charge in [-0.1, -0.05) is 17.7 Å². The van der Waals surface area contributed by atoms with Gasteiger partial charge in [-0.25, -0.2) is 0 Å². The molecule has 0 saturated heterocycles. The predicted molar refractivity (Wildman–Crippen MR) is 72.2 cm³/mol. The van der Waals surface area contributed by atoms with Gasteiger partial charge in [-0.2, -0.15) is 0 Å². The Labute approximate surface area is 106 Å². The average molecular weight is 250 g/mol. The van der Waals surface area contributed by atoms with E-state index in [9.17, 15) is 0 Å². The van der Waals surface area contributed by atoms with Crippen molar-refractivity contribution >= 4 is 22.5 Å². The average Bonchev–Trinajstić information content (AvgIpc) is 2.26. The smallest absolute Gasteiger partial charge is 0.0720 e. The van der Waals surface area contributed by atoms with Crippen LogP contribution in [-0.2, 0) is 0 Å². The zero-order valence-corrected chi connectivity index (χ0v) is 10.8. The molecule has 90 valence electrons. The molecule has 0 fully saturated rings. The van der Waals surface area contributed by atoms with Crippen LogP contribution in [0.25, 0.3) is 10.9 Å². The van der Waals surface area contributed by atoms with Crippen LogP contribution in [0.1, 0.15) is 11.6 Å². The van der Waals surface area contributed by atoms with Crippen LogP contribution in [0.2, 0.25) is 5.02 Å². The van der Waals surface area contributed by atoms with Crippen molar-refractivity contribution in [3.05, 3.63) is 41.0 Å². The number of pyridine rings is 1. The summed E-state index contributed by atoms with van der Waals surface area (Å²) in [6, 6.07) is 7.68. The van der Waals surface area contributed by atoms with E-state index in [4.69, 9.17) is 17.3 Å². The number of hydrogen-bond donors (Lipinski definition) is 1. The third-order valence-electron chi connectivity index (χ3n) is 2.70. The maximum Gasteiger partial charge on any atom is 0.0720 e. The number of hydrogen-bond acceptors (Lipinski definition) is 3. The topological polar surface area (TPSA) is 42.1 Å². The number of fused-ring (bicyclic) bond motifs is 1. The van der Waals surface area contributed by atoms with Crippen molar-refractivity contribution in [2.24, 2.45) is 5.73 Å². The Morgan fingerprint density at radius 2 is 2.12 bits per heavy atom. The van der Waals surface area contributed by atoms with Gasteiger partial charge in [0.1, 0.15) is 0 Å². The second-order valence-corrected chi connectivity index (χ2v) is 4.87. The minimum absolute atomic E-state index is 0.0170. The van der Waals surface area contributed by atoms with E-state index in [1.54, 1.807) is 6.20 Å². The highest BCUT2D eigenvalue weighted by Gasteiger charge is 2.11. The van der Waals surface area contributed by atoms with Gasteiger partial charge in [0.2, 0.25) is 0 Å². The maximum absolute atomic E-state index is 6.20. The number of halogens is 1. The van der Waals surface area contributed by atoms with Gasteiger partial charge in [0.05, 0.1) is 5.52 Å². The maximum atomic E-state index is 6.20. The van der Waals surface area contributed by atoms with E-state index < -0.39 is 0 Å². The molecule has 2 N–H and O–H groups in total. The van der Waals surface area contributed by atoms with Crippen LogP contribution in [0.3, 0.4) is 0 Å². The van der Waals surface area contributed by atoms with Crippen LogP contribution in [-0.4, -0.2) is 30.5 Å². The van der Waals surface area contributed by atoms with Gasteiger partial charge < -0.3 is 10.6 Å². The number of nitrogens with zero attached hydrogens (tertiary/aromatic N) is 2. The third kappa shape index (κ3) is 2.75. The first-order valence-electron chi connectivity index (χ1n) is 5.52. The minimum Gasteiger partial charge on any atom is -0.323 e. The van der Waals surface area contributed by atoms with Crippen LogP contribution < -0.4 is 5.73 Å².